The van der Waals surface area contributed by atoms with Gasteiger partial charge in [0.15, 0.2) is 5.89 Å². The third-order valence-electron chi connectivity index (χ3n) is 2.31. The molecule has 3 heteroatoms. The van der Waals surface area contributed by atoms with Gasteiger partial charge in [-0.25, -0.2) is 4.98 Å². The molecule has 12 heavy (non-hydrogen) atoms. The second-order valence-electron chi connectivity index (χ2n) is 3.04. The van der Waals surface area contributed by atoms with Crippen molar-refractivity contribution in [2.75, 3.05) is 18.0 Å². The monoisotopic (exact) mass is 166 g/mol. The summed E-state index contributed by atoms with van der Waals surface area (Å²) in [6.07, 6.45) is 1.94. The summed E-state index contributed by atoms with van der Waals surface area (Å²) in [5, 5.41) is 0. The second-order valence-corrected chi connectivity index (χ2v) is 3.04. The van der Waals surface area contributed by atoms with Crippen LogP contribution in [0.2, 0.25) is 0 Å². The molecule has 0 N–H and O–H groups in total. The van der Waals surface area contributed by atoms with Gasteiger partial charge in [-0.05, 0) is 6.92 Å². The molecule has 66 valence electrons. The lowest BCUT2D eigenvalue weighted by atomic mass is 10.4. The average molecular weight is 166 g/mol. The summed E-state index contributed by atoms with van der Waals surface area (Å²) in [6.45, 7) is 6.30. The van der Waals surface area contributed by atoms with E-state index in [2.05, 4.69) is 23.7 Å². The van der Waals surface area contributed by atoms with Crippen molar-refractivity contribution in [1.82, 2.24) is 4.98 Å². The van der Waals surface area contributed by atoms with E-state index >= 15 is 0 Å². The zero-order valence-electron chi connectivity index (χ0n) is 7.63. The standard InChI is InChI=1S/C9H14N2O/c1-3-8-10-7-5-6-11(4-2)9(7)12-8/h3-6H2,1-2H3. The number of aryl methyl sites for hydroxylation is 1. The fourth-order valence-corrected chi connectivity index (χ4v) is 1.60. The largest absolute Gasteiger partial charge is 0.425 e. The van der Waals surface area contributed by atoms with Gasteiger partial charge in [-0.1, -0.05) is 6.92 Å². The minimum absolute atomic E-state index is 0.873. The Labute approximate surface area is 72.4 Å². The Balaban J connectivity index is 2.31. The number of rotatable bonds is 2. The molecule has 1 aliphatic rings. The van der Waals surface area contributed by atoms with Gasteiger partial charge in [-0.15, -0.1) is 0 Å². The molecule has 0 spiro atoms. The van der Waals surface area contributed by atoms with E-state index < -0.39 is 0 Å². The second kappa shape index (κ2) is 2.81. The average Bonchev–Trinajstić information content (AvgIpc) is 2.61. The number of anilines is 1. The molecule has 1 aliphatic heterocycles. The van der Waals surface area contributed by atoms with Gasteiger partial charge in [0, 0.05) is 25.9 Å². The first kappa shape index (κ1) is 7.65. The lowest BCUT2D eigenvalue weighted by molar-refractivity contribution is 0.496. The summed E-state index contributed by atoms with van der Waals surface area (Å²) >= 11 is 0. The maximum atomic E-state index is 5.59. The highest BCUT2D eigenvalue weighted by molar-refractivity contribution is 5.46. The summed E-state index contributed by atoms with van der Waals surface area (Å²) in [7, 11) is 0. The van der Waals surface area contributed by atoms with Gasteiger partial charge in [0.1, 0.15) is 5.69 Å². The minimum Gasteiger partial charge on any atom is -0.425 e. The minimum atomic E-state index is 0.873. The molecule has 0 unspecified atom stereocenters. The van der Waals surface area contributed by atoms with Gasteiger partial charge >= 0.3 is 0 Å². The SMILES string of the molecule is CCc1nc2c(o1)N(CC)CC2. The van der Waals surface area contributed by atoms with Crippen LogP contribution in [0.4, 0.5) is 5.88 Å². The highest BCUT2D eigenvalue weighted by Crippen LogP contribution is 2.28. The summed E-state index contributed by atoms with van der Waals surface area (Å²) in [6, 6.07) is 0. The number of hydrogen-bond donors (Lipinski definition) is 0. The number of hydrogen-bond acceptors (Lipinski definition) is 3. The molecule has 2 heterocycles. The van der Waals surface area contributed by atoms with Gasteiger partial charge in [-0.3, -0.25) is 0 Å². The Bertz CT molecular complexity index is 280. The Kier molecular flexibility index (Phi) is 1.79. The van der Waals surface area contributed by atoms with Crippen molar-refractivity contribution in [3.8, 4) is 0 Å². The maximum absolute atomic E-state index is 5.59. The van der Waals surface area contributed by atoms with Crippen molar-refractivity contribution in [2.24, 2.45) is 0 Å². The van der Waals surface area contributed by atoms with E-state index in [-0.39, 0.29) is 0 Å². The van der Waals surface area contributed by atoms with Crippen LogP contribution in [0.25, 0.3) is 0 Å². The van der Waals surface area contributed by atoms with E-state index in [4.69, 9.17) is 4.42 Å². The Morgan fingerprint density at radius 1 is 1.50 bits per heavy atom. The van der Waals surface area contributed by atoms with Gasteiger partial charge < -0.3 is 9.32 Å². The molecule has 0 aromatic carbocycles. The van der Waals surface area contributed by atoms with Crippen LogP contribution in [0.3, 0.4) is 0 Å². The maximum Gasteiger partial charge on any atom is 0.219 e. The van der Waals surface area contributed by atoms with Crippen molar-refractivity contribution < 1.29 is 4.42 Å². The molecule has 0 fully saturated rings. The van der Waals surface area contributed by atoms with Crippen LogP contribution < -0.4 is 4.90 Å². The van der Waals surface area contributed by atoms with E-state index in [1.54, 1.807) is 0 Å². The molecule has 0 bridgehead atoms. The Hall–Kier alpha value is -0.990. The molecule has 0 atom stereocenters. The number of aromatic nitrogens is 1. The van der Waals surface area contributed by atoms with Crippen LogP contribution in [0.1, 0.15) is 25.4 Å². The zero-order chi connectivity index (χ0) is 8.55. The molecule has 0 amide bonds. The summed E-state index contributed by atoms with van der Waals surface area (Å²) in [5.41, 5.74) is 1.15. The molecule has 3 nitrogen and oxygen atoms in total. The Morgan fingerprint density at radius 3 is 3.00 bits per heavy atom. The van der Waals surface area contributed by atoms with Crippen molar-refractivity contribution in [1.29, 1.82) is 0 Å². The van der Waals surface area contributed by atoms with Crippen LogP contribution in [-0.2, 0) is 12.8 Å². The normalized spacial score (nSPS) is 15.3. The number of fused-ring (bicyclic) bond motifs is 1. The van der Waals surface area contributed by atoms with E-state index in [1.807, 2.05) is 0 Å². The topological polar surface area (TPSA) is 29.3 Å². The fraction of sp³-hybridized carbons (Fsp3) is 0.667. The molecule has 1 aromatic heterocycles. The van der Waals surface area contributed by atoms with Crippen molar-refractivity contribution in [3.63, 3.8) is 0 Å². The summed E-state index contributed by atoms with van der Waals surface area (Å²) in [5.74, 6) is 1.88. The number of oxazole rings is 1. The predicted molar refractivity (Wildman–Crippen MR) is 47.5 cm³/mol. The van der Waals surface area contributed by atoms with Crippen molar-refractivity contribution in [2.45, 2.75) is 26.7 Å². The molecule has 0 saturated heterocycles. The van der Waals surface area contributed by atoms with E-state index in [0.717, 1.165) is 43.4 Å². The lowest BCUT2D eigenvalue weighted by Gasteiger charge is -2.12. The highest BCUT2D eigenvalue weighted by atomic mass is 16.4. The molecular weight excluding hydrogens is 152 g/mol. The van der Waals surface area contributed by atoms with Gasteiger partial charge in [0.05, 0.1) is 0 Å². The molecule has 1 aromatic rings. The zero-order valence-corrected chi connectivity index (χ0v) is 7.63. The number of likely N-dealkylation sites (N-methyl/N-ethyl adjacent to an activating group) is 1. The first-order valence-electron chi connectivity index (χ1n) is 4.58. The molecule has 2 rings (SSSR count). The van der Waals surface area contributed by atoms with Gasteiger partial charge in [0.2, 0.25) is 5.88 Å². The number of nitrogens with zero attached hydrogens (tertiary/aromatic N) is 2. The van der Waals surface area contributed by atoms with E-state index in [1.165, 1.54) is 0 Å². The summed E-state index contributed by atoms with van der Waals surface area (Å²) < 4.78 is 5.59. The summed E-state index contributed by atoms with van der Waals surface area (Å²) in [4.78, 5) is 6.64. The molecular formula is C9H14N2O. The first-order valence-corrected chi connectivity index (χ1v) is 4.58. The third kappa shape index (κ3) is 1.00. The van der Waals surface area contributed by atoms with Crippen LogP contribution in [0, 0.1) is 0 Å². The van der Waals surface area contributed by atoms with Crippen LogP contribution in [-0.4, -0.2) is 18.1 Å². The molecule has 0 aliphatic carbocycles. The smallest absolute Gasteiger partial charge is 0.219 e. The van der Waals surface area contributed by atoms with Crippen LogP contribution >= 0.6 is 0 Å². The van der Waals surface area contributed by atoms with E-state index in [9.17, 15) is 0 Å². The Morgan fingerprint density at radius 2 is 2.33 bits per heavy atom. The van der Waals surface area contributed by atoms with Crippen LogP contribution in [0.5, 0.6) is 0 Å². The van der Waals surface area contributed by atoms with Gasteiger partial charge in [0.25, 0.3) is 0 Å². The lowest BCUT2D eigenvalue weighted by Crippen LogP contribution is -2.19. The van der Waals surface area contributed by atoms with Crippen molar-refractivity contribution in [3.05, 3.63) is 11.6 Å². The van der Waals surface area contributed by atoms with Crippen molar-refractivity contribution >= 4 is 5.88 Å². The molecule has 0 radical (unpaired) electrons. The first-order chi connectivity index (χ1) is 5.85. The predicted octanol–water partition coefficient (Wildman–Crippen LogP) is 1.62. The fourth-order valence-electron chi connectivity index (χ4n) is 1.60. The third-order valence-corrected chi connectivity index (χ3v) is 2.31. The van der Waals surface area contributed by atoms with Gasteiger partial charge in [-0.2, -0.15) is 0 Å². The highest BCUT2D eigenvalue weighted by Gasteiger charge is 2.23. The van der Waals surface area contributed by atoms with E-state index in [0.29, 0.717) is 0 Å². The molecule has 0 saturated carbocycles. The quantitative estimate of drug-likeness (QED) is 0.668. The van der Waals surface area contributed by atoms with Crippen LogP contribution in [0.15, 0.2) is 4.42 Å².